The first-order valence-corrected chi connectivity index (χ1v) is 16.2. The number of anilines is 2. The highest BCUT2D eigenvalue weighted by molar-refractivity contribution is 7.16. The van der Waals surface area contributed by atoms with Crippen molar-refractivity contribution < 1.29 is 9.26 Å². The van der Waals surface area contributed by atoms with Crippen molar-refractivity contribution in [3.63, 3.8) is 0 Å². The zero-order valence-electron chi connectivity index (χ0n) is 24.8. The van der Waals surface area contributed by atoms with E-state index in [1.165, 1.54) is 11.3 Å². The molecule has 11 heteroatoms. The van der Waals surface area contributed by atoms with E-state index in [-0.39, 0.29) is 11.5 Å². The summed E-state index contributed by atoms with van der Waals surface area (Å²) in [6, 6.07) is 5.12. The van der Waals surface area contributed by atoms with E-state index >= 15 is 0 Å². The molecule has 3 aromatic heterocycles. The van der Waals surface area contributed by atoms with Crippen LogP contribution in [0.3, 0.4) is 0 Å². The molecule has 0 amide bonds. The molecule has 0 aromatic carbocycles. The molecule has 3 aromatic rings. The van der Waals surface area contributed by atoms with Crippen molar-refractivity contribution in [3.05, 3.63) is 33.4 Å². The number of fused-ring (bicyclic) bond motifs is 4. The molecule has 7 rings (SSSR count). The molecule has 2 aliphatic heterocycles. The Morgan fingerprint density at radius 3 is 2.83 bits per heavy atom. The average Bonchev–Trinajstić information content (AvgIpc) is 3.70. The first-order chi connectivity index (χ1) is 20.4. The summed E-state index contributed by atoms with van der Waals surface area (Å²) in [5.74, 6) is 2.85. The van der Waals surface area contributed by atoms with Crippen LogP contribution >= 0.6 is 11.3 Å². The lowest BCUT2D eigenvalue weighted by Crippen LogP contribution is -2.49. The molecule has 2 fully saturated rings. The molecule has 2 saturated heterocycles. The molecular formula is C31H40N8O2S. The van der Waals surface area contributed by atoms with Gasteiger partial charge in [-0.2, -0.15) is 10.2 Å². The number of nitriles is 1. The monoisotopic (exact) mass is 588 g/mol. The summed E-state index contributed by atoms with van der Waals surface area (Å²) in [6.45, 7) is 8.05. The van der Waals surface area contributed by atoms with Gasteiger partial charge in [-0.3, -0.25) is 4.90 Å². The number of nitrogen functional groups attached to an aromatic ring is 1. The molecule has 0 unspecified atom stereocenters. The minimum Gasteiger partial charge on any atom is -0.473 e. The molecule has 1 spiro atoms. The fourth-order valence-corrected chi connectivity index (χ4v) is 9.06. The third kappa shape index (κ3) is 4.55. The van der Waals surface area contributed by atoms with Gasteiger partial charge >= 0.3 is 0 Å². The first kappa shape index (κ1) is 27.6. The summed E-state index contributed by atoms with van der Waals surface area (Å²) in [6.07, 6.45) is 7.95. The van der Waals surface area contributed by atoms with Crippen molar-refractivity contribution in [2.45, 2.75) is 88.8 Å². The van der Waals surface area contributed by atoms with Crippen LogP contribution in [0.4, 0.5) is 10.8 Å². The summed E-state index contributed by atoms with van der Waals surface area (Å²) < 4.78 is 12.8. The molecule has 222 valence electrons. The van der Waals surface area contributed by atoms with E-state index in [9.17, 15) is 5.26 Å². The minimum absolute atomic E-state index is 0.00125. The van der Waals surface area contributed by atoms with Crippen molar-refractivity contribution in [2.75, 3.05) is 43.9 Å². The second-order valence-electron chi connectivity index (χ2n) is 12.6. The van der Waals surface area contributed by atoms with Gasteiger partial charge in [-0.25, -0.2) is 4.98 Å². The van der Waals surface area contributed by atoms with E-state index < -0.39 is 0 Å². The number of rotatable bonds is 5. The molecule has 5 heterocycles. The Morgan fingerprint density at radius 2 is 2.07 bits per heavy atom. The van der Waals surface area contributed by atoms with Gasteiger partial charge in [-0.1, -0.05) is 5.16 Å². The smallest absolute Gasteiger partial charge is 0.219 e. The van der Waals surface area contributed by atoms with Crippen LogP contribution in [-0.2, 0) is 18.3 Å². The fourth-order valence-electron chi connectivity index (χ4n) is 7.90. The highest BCUT2D eigenvalue weighted by Crippen LogP contribution is 2.55. The van der Waals surface area contributed by atoms with Crippen LogP contribution in [0, 0.1) is 11.3 Å². The number of hydrogen-bond donors (Lipinski definition) is 2. The molecule has 10 nitrogen and oxygen atoms in total. The number of hydrogen-bond acceptors (Lipinski definition) is 11. The lowest BCUT2D eigenvalue weighted by Gasteiger charge is -2.39. The fraction of sp³-hybridized carbons (Fsp3) is 0.613. The highest BCUT2D eigenvalue weighted by atomic mass is 32.1. The van der Waals surface area contributed by atoms with Crippen LogP contribution < -0.4 is 20.7 Å². The Morgan fingerprint density at radius 1 is 1.24 bits per heavy atom. The third-order valence-electron chi connectivity index (χ3n) is 9.88. The maximum absolute atomic E-state index is 10.1. The number of likely N-dealkylation sites (tertiary alicyclic amines) is 1. The molecule has 3 N–H and O–H groups in total. The standard InChI is InChI=1S/C31H40N8O2S/c1-18-17-39(14-12-34-18)24-15-25(40-19(2)22-8-6-13-38(22)3)36-30(35-24)27-20-7-4-10-31(28(20)41-37-27)11-5-9-23-26(31)21(16-32)29(33)42-23/h15,18-19,22,34H,4-14,17,33H2,1-3H3/t18-,19-,22-,31-/m0/s1. The van der Waals surface area contributed by atoms with E-state index in [0.29, 0.717) is 40.0 Å². The second-order valence-corrected chi connectivity index (χ2v) is 13.7. The Labute approximate surface area is 251 Å². The van der Waals surface area contributed by atoms with Gasteiger partial charge in [-0.05, 0) is 84.4 Å². The van der Waals surface area contributed by atoms with Crippen LogP contribution in [0.1, 0.15) is 79.7 Å². The van der Waals surface area contributed by atoms with E-state index in [4.69, 9.17) is 25.0 Å². The zero-order valence-corrected chi connectivity index (χ0v) is 25.6. The highest BCUT2D eigenvalue weighted by Gasteiger charge is 2.49. The molecule has 2 aliphatic carbocycles. The van der Waals surface area contributed by atoms with Gasteiger partial charge in [0.25, 0.3) is 0 Å². The van der Waals surface area contributed by atoms with Crippen molar-refractivity contribution in [1.29, 1.82) is 5.26 Å². The van der Waals surface area contributed by atoms with E-state index in [2.05, 4.69) is 47.2 Å². The van der Waals surface area contributed by atoms with Crippen molar-refractivity contribution in [1.82, 2.24) is 25.3 Å². The topological polar surface area (TPSA) is 129 Å². The van der Waals surface area contributed by atoms with Crippen LogP contribution in [0.5, 0.6) is 5.88 Å². The van der Waals surface area contributed by atoms with Gasteiger partial charge in [0.15, 0.2) is 17.3 Å². The van der Waals surface area contributed by atoms with Crippen LogP contribution in [0.15, 0.2) is 10.6 Å². The molecule has 0 saturated carbocycles. The summed E-state index contributed by atoms with van der Waals surface area (Å²) in [5, 5.41) is 18.9. The summed E-state index contributed by atoms with van der Waals surface area (Å²) in [5.41, 5.74) is 9.42. The quantitative estimate of drug-likeness (QED) is 0.446. The molecular weight excluding hydrogens is 548 g/mol. The largest absolute Gasteiger partial charge is 0.473 e. The van der Waals surface area contributed by atoms with Crippen molar-refractivity contribution in [2.24, 2.45) is 0 Å². The van der Waals surface area contributed by atoms with Gasteiger partial charge in [-0.15, -0.1) is 11.3 Å². The first-order valence-electron chi connectivity index (χ1n) is 15.4. The summed E-state index contributed by atoms with van der Waals surface area (Å²) in [7, 11) is 2.17. The van der Waals surface area contributed by atoms with Crippen LogP contribution in [0.25, 0.3) is 11.5 Å². The van der Waals surface area contributed by atoms with Gasteiger partial charge in [0.2, 0.25) is 5.88 Å². The predicted molar refractivity (Wildman–Crippen MR) is 163 cm³/mol. The van der Waals surface area contributed by atoms with Crippen LogP contribution in [-0.4, -0.2) is 71.4 Å². The number of ether oxygens (including phenoxy) is 1. The number of aryl methyl sites for hydroxylation is 1. The van der Waals surface area contributed by atoms with Crippen molar-refractivity contribution in [3.8, 4) is 23.5 Å². The molecule has 0 radical (unpaired) electrons. The lowest BCUT2D eigenvalue weighted by molar-refractivity contribution is 0.117. The minimum atomic E-state index is -0.377. The van der Waals surface area contributed by atoms with Gasteiger partial charge < -0.3 is 25.2 Å². The maximum Gasteiger partial charge on any atom is 0.219 e. The molecule has 0 bridgehead atoms. The van der Waals surface area contributed by atoms with Gasteiger partial charge in [0.05, 0.1) is 11.0 Å². The predicted octanol–water partition coefficient (Wildman–Crippen LogP) is 4.27. The summed E-state index contributed by atoms with van der Waals surface area (Å²) >= 11 is 1.56. The SMILES string of the molecule is C[C@H](Oc1cc(N2CCN[C@@H](C)C2)nc(-c2noc3c2CCC[C@@]32CCCc3sc(N)c(C#N)c32)n1)[C@@H]1CCCN1C. The number of nitrogens with one attached hydrogen (secondary N) is 1. The number of piperazine rings is 1. The number of aromatic nitrogens is 3. The molecule has 4 aliphatic rings. The van der Waals surface area contributed by atoms with Gasteiger partial charge in [0.1, 0.15) is 23.0 Å². The van der Waals surface area contributed by atoms with Gasteiger partial charge in [0, 0.05) is 48.2 Å². The Balaban J connectivity index is 1.31. The van der Waals surface area contributed by atoms with E-state index in [1.807, 2.05) is 6.07 Å². The normalized spacial score (nSPS) is 26.6. The second kappa shape index (κ2) is 10.8. The molecule has 42 heavy (non-hydrogen) atoms. The number of nitrogens with zero attached hydrogens (tertiary/aromatic N) is 6. The third-order valence-corrected chi connectivity index (χ3v) is 11.0. The Bertz CT molecular complexity index is 1520. The van der Waals surface area contributed by atoms with Crippen LogP contribution in [0.2, 0.25) is 0 Å². The lowest BCUT2D eigenvalue weighted by atomic mass is 9.63. The van der Waals surface area contributed by atoms with E-state index in [0.717, 1.165) is 93.8 Å². The Hall–Kier alpha value is -3.20. The maximum atomic E-state index is 10.1. The Kier molecular flexibility index (Phi) is 7.11. The number of nitrogens with two attached hydrogens (primary N) is 1. The average molecular weight is 589 g/mol. The molecule has 4 atom stereocenters. The van der Waals surface area contributed by atoms with E-state index in [1.54, 1.807) is 11.3 Å². The number of likely N-dealkylation sites (N-methyl/N-ethyl adjacent to an activating group) is 1. The number of thiophene rings is 1. The zero-order chi connectivity index (χ0) is 29.0. The van der Waals surface area contributed by atoms with Crippen molar-refractivity contribution >= 4 is 22.2 Å². The summed E-state index contributed by atoms with van der Waals surface area (Å²) in [4.78, 5) is 15.9.